The van der Waals surface area contributed by atoms with Gasteiger partial charge in [-0.1, -0.05) is 0 Å². The molecule has 3 rings (SSSR count). The SMILES string of the molecule is BN1CCC(C#N)(CCn2c(=O)cc(C)c3ccc(OC)cc32)CC1. The molecule has 0 saturated carbocycles. The summed E-state index contributed by atoms with van der Waals surface area (Å²) in [5, 5.41) is 10.8. The second-order valence-corrected chi connectivity index (χ2v) is 7.15. The number of ether oxygens (including phenoxy) is 1. The number of hydrogen-bond donors (Lipinski definition) is 0. The maximum Gasteiger partial charge on any atom is 0.251 e. The number of hydrogen-bond acceptors (Lipinski definition) is 4. The maximum atomic E-state index is 12.6. The maximum absolute atomic E-state index is 12.6. The zero-order valence-electron chi connectivity index (χ0n) is 15.2. The van der Waals surface area contributed by atoms with E-state index in [-0.39, 0.29) is 11.0 Å². The number of nitriles is 1. The quantitative estimate of drug-likeness (QED) is 0.799. The molecule has 1 saturated heterocycles. The average molecular weight is 337 g/mol. The number of methoxy groups -OCH3 is 1. The number of aromatic nitrogens is 1. The highest BCUT2D eigenvalue weighted by atomic mass is 16.5. The second kappa shape index (κ2) is 6.93. The van der Waals surface area contributed by atoms with Crippen LogP contribution in [-0.4, -0.2) is 37.6 Å². The first-order chi connectivity index (χ1) is 12.0. The molecule has 0 bridgehead atoms. The highest BCUT2D eigenvalue weighted by Gasteiger charge is 2.33. The number of benzene rings is 1. The number of piperidine rings is 1. The number of rotatable bonds is 4. The van der Waals surface area contributed by atoms with Crippen LogP contribution in [-0.2, 0) is 6.54 Å². The average Bonchev–Trinajstić information content (AvgIpc) is 2.62. The van der Waals surface area contributed by atoms with Crippen molar-refractivity contribution in [3.8, 4) is 11.8 Å². The zero-order valence-corrected chi connectivity index (χ0v) is 15.2. The molecule has 0 N–H and O–H groups in total. The number of fused-ring (bicyclic) bond motifs is 1. The summed E-state index contributed by atoms with van der Waals surface area (Å²) in [5.41, 5.74) is 1.50. The van der Waals surface area contributed by atoms with Gasteiger partial charge in [-0.25, -0.2) is 0 Å². The van der Waals surface area contributed by atoms with Gasteiger partial charge in [0, 0.05) is 24.1 Å². The van der Waals surface area contributed by atoms with Gasteiger partial charge >= 0.3 is 0 Å². The molecule has 0 unspecified atom stereocenters. The van der Waals surface area contributed by atoms with Gasteiger partial charge in [0.05, 0.1) is 24.1 Å². The smallest absolute Gasteiger partial charge is 0.251 e. The van der Waals surface area contributed by atoms with Crippen molar-refractivity contribution in [1.82, 2.24) is 9.38 Å². The Bertz CT molecular complexity index is 877. The molecule has 6 heteroatoms. The number of nitrogens with zero attached hydrogens (tertiary/aromatic N) is 3. The number of aryl methyl sites for hydroxylation is 2. The topological polar surface area (TPSA) is 58.3 Å². The third kappa shape index (κ3) is 3.43. The predicted molar refractivity (Wildman–Crippen MR) is 102 cm³/mol. The summed E-state index contributed by atoms with van der Waals surface area (Å²) in [6, 6.07) is 10.0. The van der Waals surface area contributed by atoms with Crippen molar-refractivity contribution < 1.29 is 4.74 Å². The van der Waals surface area contributed by atoms with Crippen LogP contribution < -0.4 is 10.3 Å². The molecule has 2 aromatic rings. The molecular formula is C19H24BN3O2. The van der Waals surface area contributed by atoms with Gasteiger partial charge in [0.1, 0.15) is 5.75 Å². The van der Waals surface area contributed by atoms with Crippen molar-refractivity contribution >= 4 is 18.9 Å². The standard InChI is InChI=1S/C19H24BN3O2/c1-14-11-18(24)23(17-12-15(25-2)3-4-16(14)17)10-7-19(13-21)5-8-22(20)9-6-19/h3-4,11-12H,5-10,20H2,1-2H3. The van der Waals surface area contributed by atoms with E-state index in [0.29, 0.717) is 13.0 Å². The third-order valence-electron chi connectivity index (χ3n) is 5.52. The Morgan fingerprint density at radius 1 is 1.32 bits per heavy atom. The minimum absolute atomic E-state index is 0.0146. The van der Waals surface area contributed by atoms with Crippen molar-refractivity contribution in [1.29, 1.82) is 5.26 Å². The van der Waals surface area contributed by atoms with Crippen molar-refractivity contribution in [3.05, 3.63) is 40.2 Å². The Balaban J connectivity index is 1.96. The Kier molecular flexibility index (Phi) is 4.87. The van der Waals surface area contributed by atoms with E-state index in [1.54, 1.807) is 17.7 Å². The van der Waals surface area contributed by atoms with Crippen LogP contribution in [0, 0.1) is 23.7 Å². The van der Waals surface area contributed by atoms with Crippen LogP contribution in [0.3, 0.4) is 0 Å². The van der Waals surface area contributed by atoms with Crippen molar-refractivity contribution in [3.63, 3.8) is 0 Å². The molecule has 1 aliphatic rings. The van der Waals surface area contributed by atoms with Crippen LogP contribution in [0.1, 0.15) is 24.8 Å². The van der Waals surface area contributed by atoms with Crippen LogP contribution in [0.4, 0.5) is 0 Å². The summed E-state index contributed by atoms with van der Waals surface area (Å²) in [7, 11) is 3.72. The molecular weight excluding hydrogens is 313 g/mol. The predicted octanol–water partition coefficient (Wildman–Crippen LogP) is 1.86. The van der Waals surface area contributed by atoms with Gasteiger partial charge in [0.2, 0.25) is 0 Å². The molecule has 25 heavy (non-hydrogen) atoms. The molecule has 0 aliphatic carbocycles. The summed E-state index contributed by atoms with van der Waals surface area (Å²) in [4.78, 5) is 14.9. The van der Waals surface area contributed by atoms with Gasteiger partial charge in [-0.05, 0) is 57.0 Å². The first-order valence-corrected chi connectivity index (χ1v) is 8.76. The fourth-order valence-electron chi connectivity index (χ4n) is 3.68. The van der Waals surface area contributed by atoms with Crippen LogP contribution in [0.25, 0.3) is 10.9 Å². The summed E-state index contributed by atoms with van der Waals surface area (Å²) >= 11 is 0. The van der Waals surface area contributed by atoms with Gasteiger partial charge in [-0.15, -0.1) is 0 Å². The van der Waals surface area contributed by atoms with Crippen molar-refractivity contribution in [2.24, 2.45) is 5.41 Å². The fraction of sp³-hybridized carbons (Fsp3) is 0.474. The van der Waals surface area contributed by atoms with Gasteiger partial charge < -0.3 is 14.1 Å². The molecule has 1 aromatic carbocycles. The van der Waals surface area contributed by atoms with Crippen LogP contribution in [0.15, 0.2) is 29.1 Å². The largest absolute Gasteiger partial charge is 0.497 e. The molecule has 0 spiro atoms. The van der Waals surface area contributed by atoms with E-state index in [2.05, 4.69) is 18.9 Å². The summed E-state index contributed by atoms with van der Waals surface area (Å²) < 4.78 is 7.12. The Hall–Kier alpha value is -2.26. The van der Waals surface area contributed by atoms with E-state index in [9.17, 15) is 10.1 Å². The molecule has 2 heterocycles. The van der Waals surface area contributed by atoms with E-state index in [4.69, 9.17) is 4.74 Å². The fourth-order valence-corrected chi connectivity index (χ4v) is 3.68. The lowest BCUT2D eigenvalue weighted by atomic mass is 9.76. The lowest BCUT2D eigenvalue weighted by Crippen LogP contribution is -2.39. The first kappa shape index (κ1) is 17.6. The van der Waals surface area contributed by atoms with Gasteiger partial charge in [0.25, 0.3) is 5.56 Å². The van der Waals surface area contributed by atoms with Crippen molar-refractivity contribution in [2.75, 3.05) is 20.2 Å². The highest BCUT2D eigenvalue weighted by Crippen LogP contribution is 2.34. The van der Waals surface area contributed by atoms with E-state index in [0.717, 1.165) is 48.1 Å². The lowest BCUT2D eigenvalue weighted by molar-refractivity contribution is 0.197. The van der Waals surface area contributed by atoms with Crippen molar-refractivity contribution in [2.45, 2.75) is 32.7 Å². The molecule has 1 fully saturated rings. The van der Waals surface area contributed by atoms with Crippen LogP contribution in [0.2, 0.25) is 0 Å². The van der Waals surface area contributed by atoms with E-state index < -0.39 is 0 Å². The summed E-state index contributed by atoms with van der Waals surface area (Å²) in [6.07, 6.45) is 2.43. The van der Waals surface area contributed by atoms with E-state index >= 15 is 0 Å². The summed E-state index contributed by atoms with van der Waals surface area (Å²) in [5.74, 6) is 0.737. The van der Waals surface area contributed by atoms with Gasteiger partial charge in [-0.2, -0.15) is 5.26 Å². The molecule has 1 aliphatic heterocycles. The molecule has 0 amide bonds. The Labute approximate surface area is 149 Å². The monoisotopic (exact) mass is 337 g/mol. The Morgan fingerprint density at radius 3 is 2.68 bits per heavy atom. The highest BCUT2D eigenvalue weighted by molar-refractivity contribution is 6.04. The van der Waals surface area contributed by atoms with Gasteiger partial charge in [-0.3, -0.25) is 4.79 Å². The minimum Gasteiger partial charge on any atom is -0.497 e. The van der Waals surface area contributed by atoms with Gasteiger partial charge in [0.15, 0.2) is 7.98 Å². The van der Waals surface area contributed by atoms with E-state index in [1.165, 1.54) is 0 Å². The normalized spacial score (nSPS) is 17.3. The van der Waals surface area contributed by atoms with Crippen LogP contribution >= 0.6 is 0 Å². The molecule has 0 radical (unpaired) electrons. The minimum atomic E-state index is -0.331. The molecule has 130 valence electrons. The third-order valence-corrected chi connectivity index (χ3v) is 5.52. The first-order valence-electron chi connectivity index (χ1n) is 8.76. The zero-order chi connectivity index (χ0) is 18.0. The van der Waals surface area contributed by atoms with E-state index in [1.807, 2.05) is 25.1 Å². The Morgan fingerprint density at radius 2 is 2.04 bits per heavy atom. The van der Waals surface area contributed by atoms with Crippen LogP contribution in [0.5, 0.6) is 5.75 Å². The second-order valence-electron chi connectivity index (χ2n) is 7.15. The summed E-state index contributed by atoms with van der Waals surface area (Å²) in [6.45, 7) is 4.38. The molecule has 5 nitrogen and oxygen atoms in total. The molecule has 0 atom stereocenters. The number of pyridine rings is 1. The lowest BCUT2D eigenvalue weighted by Gasteiger charge is -2.36. The molecule has 1 aromatic heterocycles.